The average Bonchev–Trinajstić information content (AvgIpc) is 2.56. The highest BCUT2D eigenvalue weighted by atomic mass is 16.5. The lowest BCUT2D eigenvalue weighted by molar-refractivity contribution is -0.139. The maximum absolute atomic E-state index is 12.1. The molecule has 1 N–H and O–H groups in total. The van der Waals surface area contributed by atoms with Gasteiger partial charge < -0.3 is 9.84 Å². The smallest absolute Gasteiger partial charge is 0.164 e. The van der Waals surface area contributed by atoms with E-state index in [2.05, 4.69) is 0 Å². The second-order valence-corrected chi connectivity index (χ2v) is 4.89. The molecule has 2 rings (SSSR count). The number of carbonyl (C=O) groups is 1. The molecule has 0 aliphatic rings. The van der Waals surface area contributed by atoms with Gasteiger partial charge in [-0.1, -0.05) is 67.6 Å². The Balaban J connectivity index is 2.09. The molecule has 2 atom stereocenters. The fourth-order valence-electron chi connectivity index (χ4n) is 2.15. The molecule has 21 heavy (non-hydrogen) atoms. The van der Waals surface area contributed by atoms with Crippen LogP contribution in [0.4, 0.5) is 0 Å². The molecule has 2 aromatic rings. The first-order valence-electron chi connectivity index (χ1n) is 7.13. The molecule has 0 radical (unpaired) electrons. The molecular weight excluding hydrogens is 264 g/mol. The summed E-state index contributed by atoms with van der Waals surface area (Å²) in [5.74, 6) is -0.0951. The lowest BCUT2D eigenvalue weighted by Gasteiger charge is -2.22. The molecule has 0 saturated heterocycles. The summed E-state index contributed by atoms with van der Waals surface area (Å²) in [7, 11) is 0. The van der Waals surface area contributed by atoms with E-state index in [4.69, 9.17) is 4.74 Å². The Morgan fingerprint density at radius 3 is 2.19 bits per heavy atom. The van der Waals surface area contributed by atoms with E-state index < -0.39 is 12.2 Å². The fraction of sp³-hybridized carbons (Fsp3) is 0.278. The van der Waals surface area contributed by atoms with E-state index in [0.717, 1.165) is 5.56 Å². The number of benzene rings is 2. The molecule has 3 heteroatoms. The molecule has 110 valence electrons. The van der Waals surface area contributed by atoms with Crippen LogP contribution in [0.1, 0.15) is 30.6 Å². The number of hydrogen-bond acceptors (Lipinski definition) is 3. The van der Waals surface area contributed by atoms with Crippen molar-refractivity contribution < 1.29 is 14.6 Å². The van der Waals surface area contributed by atoms with E-state index in [9.17, 15) is 9.90 Å². The Kier molecular flexibility index (Phi) is 5.67. The van der Waals surface area contributed by atoms with Crippen LogP contribution < -0.4 is 0 Å². The van der Waals surface area contributed by atoms with Crippen LogP contribution in [0.2, 0.25) is 0 Å². The number of Topliss-reactive ketones (excluding diaryl/α,β-unsaturated/α-hetero) is 1. The number of carbonyl (C=O) groups excluding carboxylic acids is 1. The van der Waals surface area contributed by atoms with E-state index in [-0.39, 0.29) is 5.78 Å². The van der Waals surface area contributed by atoms with Gasteiger partial charge in [0.25, 0.3) is 0 Å². The van der Waals surface area contributed by atoms with Crippen LogP contribution in [-0.4, -0.2) is 17.0 Å². The SMILES string of the molecule is CCC(=O)[C@H](OCc1ccccc1)[C@H](O)c1ccccc1. The lowest BCUT2D eigenvalue weighted by atomic mass is 10.00. The molecule has 3 nitrogen and oxygen atoms in total. The van der Waals surface area contributed by atoms with Gasteiger partial charge in [-0.2, -0.15) is 0 Å². The first-order valence-corrected chi connectivity index (χ1v) is 7.13. The lowest BCUT2D eigenvalue weighted by Crippen LogP contribution is -2.30. The molecule has 0 amide bonds. The minimum Gasteiger partial charge on any atom is -0.385 e. The highest BCUT2D eigenvalue weighted by molar-refractivity contribution is 5.83. The third-order valence-corrected chi connectivity index (χ3v) is 3.37. The summed E-state index contributed by atoms with van der Waals surface area (Å²) in [5.41, 5.74) is 1.67. The van der Waals surface area contributed by atoms with Crippen LogP contribution in [0.15, 0.2) is 60.7 Å². The highest BCUT2D eigenvalue weighted by Gasteiger charge is 2.27. The van der Waals surface area contributed by atoms with Crippen molar-refractivity contribution in [3.63, 3.8) is 0 Å². The number of aliphatic hydroxyl groups is 1. The third kappa shape index (κ3) is 4.25. The van der Waals surface area contributed by atoms with Gasteiger partial charge in [-0.3, -0.25) is 4.79 Å². The van der Waals surface area contributed by atoms with Crippen molar-refractivity contribution in [3.05, 3.63) is 71.8 Å². The predicted molar refractivity (Wildman–Crippen MR) is 81.7 cm³/mol. The first kappa shape index (κ1) is 15.4. The van der Waals surface area contributed by atoms with E-state index in [1.807, 2.05) is 48.5 Å². The maximum atomic E-state index is 12.1. The molecule has 0 fully saturated rings. The minimum absolute atomic E-state index is 0.0951. The van der Waals surface area contributed by atoms with Crippen LogP contribution in [-0.2, 0) is 16.1 Å². The first-order chi connectivity index (χ1) is 10.2. The largest absolute Gasteiger partial charge is 0.385 e. The standard InChI is InChI=1S/C18H20O3/c1-2-16(19)18(17(20)15-11-7-4-8-12-15)21-13-14-9-5-3-6-10-14/h3-12,17-18,20H,2,13H2,1H3/t17-,18+/m1/s1. The Hall–Kier alpha value is -1.97. The zero-order valence-corrected chi connectivity index (χ0v) is 12.1. The van der Waals surface area contributed by atoms with Gasteiger partial charge in [-0.25, -0.2) is 0 Å². The molecule has 0 unspecified atom stereocenters. The van der Waals surface area contributed by atoms with Crippen LogP contribution >= 0.6 is 0 Å². The van der Waals surface area contributed by atoms with Gasteiger partial charge in [-0.05, 0) is 11.1 Å². The second kappa shape index (κ2) is 7.72. The van der Waals surface area contributed by atoms with Gasteiger partial charge in [0.1, 0.15) is 12.2 Å². The number of aliphatic hydroxyl groups excluding tert-OH is 1. The summed E-state index contributed by atoms with van der Waals surface area (Å²) in [6.45, 7) is 2.08. The minimum atomic E-state index is -0.942. The normalized spacial score (nSPS) is 13.6. The third-order valence-electron chi connectivity index (χ3n) is 3.37. The molecule has 0 bridgehead atoms. The van der Waals surface area contributed by atoms with Crippen LogP contribution in [0.25, 0.3) is 0 Å². The van der Waals surface area contributed by atoms with E-state index in [0.29, 0.717) is 18.6 Å². The summed E-state index contributed by atoms with van der Waals surface area (Å²) in [6, 6.07) is 18.8. The van der Waals surface area contributed by atoms with Crippen molar-refractivity contribution in [2.75, 3.05) is 0 Å². The quantitative estimate of drug-likeness (QED) is 0.848. The maximum Gasteiger partial charge on any atom is 0.164 e. The van der Waals surface area contributed by atoms with Gasteiger partial charge in [-0.15, -0.1) is 0 Å². The number of ketones is 1. The topological polar surface area (TPSA) is 46.5 Å². The predicted octanol–water partition coefficient (Wildman–Crippen LogP) is 3.28. The average molecular weight is 284 g/mol. The van der Waals surface area contributed by atoms with Gasteiger partial charge in [0, 0.05) is 6.42 Å². The van der Waals surface area contributed by atoms with Crippen molar-refractivity contribution in [1.29, 1.82) is 0 Å². The molecule has 0 heterocycles. The van der Waals surface area contributed by atoms with Gasteiger partial charge in [0.05, 0.1) is 6.61 Å². The molecule has 0 aliphatic carbocycles. The second-order valence-electron chi connectivity index (χ2n) is 4.89. The summed E-state index contributed by atoms with van der Waals surface area (Å²) < 4.78 is 5.70. The summed E-state index contributed by atoms with van der Waals surface area (Å²) in [5, 5.41) is 10.4. The van der Waals surface area contributed by atoms with Crippen molar-refractivity contribution >= 4 is 5.78 Å². The van der Waals surface area contributed by atoms with Crippen molar-refractivity contribution in [1.82, 2.24) is 0 Å². The van der Waals surface area contributed by atoms with E-state index >= 15 is 0 Å². The number of hydrogen-bond donors (Lipinski definition) is 1. The molecule has 0 saturated carbocycles. The molecule has 0 aromatic heterocycles. The summed E-state index contributed by atoms with van der Waals surface area (Å²) in [4.78, 5) is 12.1. The Morgan fingerprint density at radius 1 is 1.05 bits per heavy atom. The van der Waals surface area contributed by atoms with Crippen LogP contribution in [0, 0.1) is 0 Å². The summed E-state index contributed by atoms with van der Waals surface area (Å²) in [6.07, 6.45) is -1.44. The zero-order valence-electron chi connectivity index (χ0n) is 12.1. The van der Waals surface area contributed by atoms with Crippen molar-refractivity contribution in [3.8, 4) is 0 Å². The Bertz CT molecular complexity index is 551. The van der Waals surface area contributed by atoms with E-state index in [1.54, 1.807) is 19.1 Å². The van der Waals surface area contributed by atoms with Crippen LogP contribution in [0.5, 0.6) is 0 Å². The zero-order chi connectivity index (χ0) is 15.1. The molecule has 2 aromatic carbocycles. The highest BCUT2D eigenvalue weighted by Crippen LogP contribution is 2.21. The molecule has 0 spiro atoms. The van der Waals surface area contributed by atoms with E-state index in [1.165, 1.54) is 0 Å². The van der Waals surface area contributed by atoms with Gasteiger partial charge in [0.15, 0.2) is 5.78 Å². The van der Waals surface area contributed by atoms with Crippen molar-refractivity contribution in [2.45, 2.75) is 32.2 Å². The van der Waals surface area contributed by atoms with Gasteiger partial charge >= 0.3 is 0 Å². The number of rotatable bonds is 7. The Labute approximate surface area is 125 Å². The van der Waals surface area contributed by atoms with Crippen molar-refractivity contribution in [2.24, 2.45) is 0 Å². The monoisotopic (exact) mass is 284 g/mol. The fourth-order valence-corrected chi connectivity index (χ4v) is 2.15. The molecular formula is C18H20O3. The Morgan fingerprint density at radius 2 is 1.62 bits per heavy atom. The number of ether oxygens (including phenoxy) is 1. The summed E-state index contributed by atoms with van der Waals surface area (Å²) >= 11 is 0. The molecule has 0 aliphatic heterocycles. The van der Waals surface area contributed by atoms with Crippen LogP contribution in [0.3, 0.4) is 0 Å². The van der Waals surface area contributed by atoms with Gasteiger partial charge in [0.2, 0.25) is 0 Å².